The number of amides is 1. The molecule has 0 aliphatic rings. The molecular weight excluding hydrogens is 292 g/mol. The van der Waals surface area contributed by atoms with E-state index in [0.29, 0.717) is 17.6 Å². The number of non-ortho nitro benzene ring substituents is 1. The lowest BCUT2D eigenvalue weighted by Gasteiger charge is -2.04. The Morgan fingerprint density at radius 3 is 2.59 bits per heavy atom. The zero-order valence-corrected chi connectivity index (χ0v) is 10.5. The zero-order chi connectivity index (χ0) is 12.7. The summed E-state index contributed by atoms with van der Waals surface area (Å²) in [6.07, 6.45) is 0. The van der Waals surface area contributed by atoms with Gasteiger partial charge < -0.3 is 10.1 Å². The van der Waals surface area contributed by atoms with Gasteiger partial charge in [0, 0.05) is 23.2 Å². The van der Waals surface area contributed by atoms with Crippen LogP contribution in [0.25, 0.3) is 0 Å². The molecule has 0 saturated carbocycles. The summed E-state index contributed by atoms with van der Waals surface area (Å²) in [7, 11) is 0. The van der Waals surface area contributed by atoms with Gasteiger partial charge in [-0.15, -0.1) is 0 Å². The van der Waals surface area contributed by atoms with E-state index in [4.69, 9.17) is 4.74 Å². The molecule has 0 aromatic heterocycles. The molecule has 0 bridgehead atoms. The van der Waals surface area contributed by atoms with Crippen LogP contribution in [0, 0.1) is 10.1 Å². The fourth-order valence-corrected chi connectivity index (χ4v) is 1.31. The molecule has 1 aromatic rings. The van der Waals surface area contributed by atoms with Crippen LogP contribution in [0.15, 0.2) is 24.3 Å². The molecule has 0 radical (unpaired) electrons. The molecule has 0 heterocycles. The van der Waals surface area contributed by atoms with Crippen LogP contribution in [-0.2, 0) is 9.53 Å². The number of nitrogens with one attached hydrogen (secondary N) is 1. The standard InChI is InChI=1S/C10H11BrN2O4/c11-5-6-17-7-10(14)12-8-1-3-9(4-2-8)13(15)16/h1-4H,5-7H2,(H,12,14). The Balaban J connectivity index is 2.46. The third-order valence-electron chi connectivity index (χ3n) is 1.82. The SMILES string of the molecule is O=C(COCCBr)Nc1ccc([N+](=O)[O-])cc1. The molecule has 0 aliphatic heterocycles. The Bertz CT molecular complexity index is 394. The Labute approximate surface area is 106 Å². The second kappa shape index (κ2) is 6.97. The molecule has 1 N–H and O–H groups in total. The fraction of sp³-hybridized carbons (Fsp3) is 0.300. The summed E-state index contributed by atoms with van der Waals surface area (Å²) in [6, 6.07) is 5.60. The van der Waals surface area contributed by atoms with Crippen molar-refractivity contribution in [2.75, 3.05) is 23.9 Å². The number of carbonyl (C=O) groups is 1. The number of nitrogens with zero attached hydrogens (tertiary/aromatic N) is 1. The minimum Gasteiger partial charge on any atom is -0.371 e. The largest absolute Gasteiger partial charge is 0.371 e. The van der Waals surface area contributed by atoms with Gasteiger partial charge in [0.05, 0.1) is 11.5 Å². The third kappa shape index (κ3) is 4.92. The number of nitro groups is 1. The number of rotatable bonds is 6. The molecule has 0 unspecified atom stereocenters. The van der Waals surface area contributed by atoms with Crippen LogP contribution in [-0.4, -0.2) is 29.4 Å². The normalized spacial score (nSPS) is 9.94. The number of anilines is 1. The van der Waals surface area contributed by atoms with Gasteiger partial charge in [0.2, 0.25) is 5.91 Å². The highest BCUT2D eigenvalue weighted by Gasteiger charge is 2.06. The van der Waals surface area contributed by atoms with Crippen molar-refractivity contribution in [2.24, 2.45) is 0 Å². The van der Waals surface area contributed by atoms with E-state index in [9.17, 15) is 14.9 Å². The molecule has 6 nitrogen and oxygen atoms in total. The number of hydrogen-bond donors (Lipinski definition) is 1. The van der Waals surface area contributed by atoms with Gasteiger partial charge in [-0.2, -0.15) is 0 Å². The number of benzene rings is 1. The van der Waals surface area contributed by atoms with Crippen LogP contribution in [0.2, 0.25) is 0 Å². The molecule has 0 fully saturated rings. The molecule has 92 valence electrons. The molecule has 1 amide bonds. The van der Waals surface area contributed by atoms with Crippen molar-refractivity contribution in [3.05, 3.63) is 34.4 Å². The van der Waals surface area contributed by atoms with Crippen molar-refractivity contribution in [1.29, 1.82) is 0 Å². The fourth-order valence-electron chi connectivity index (χ4n) is 1.08. The number of nitro benzene ring substituents is 1. The van der Waals surface area contributed by atoms with Crippen LogP contribution in [0.3, 0.4) is 0 Å². The van der Waals surface area contributed by atoms with Crippen molar-refractivity contribution >= 4 is 33.2 Å². The number of ether oxygens (including phenoxy) is 1. The topological polar surface area (TPSA) is 81.5 Å². The maximum atomic E-state index is 11.3. The summed E-state index contributed by atoms with van der Waals surface area (Å²) in [5, 5.41) is 13.6. The lowest BCUT2D eigenvalue weighted by atomic mass is 10.3. The third-order valence-corrected chi connectivity index (χ3v) is 2.14. The lowest BCUT2D eigenvalue weighted by molar-refractivity contribution is -0.384. The first-order chi connectivity index (χ1) is 8.13. The van der Waals surface area contributed by atoms with Gasteiger partial charge in [0.1, 0.15) is 6.61 Å². The smallest absolute Gasteiger partial charge is 0.269 e. The van der Waals surface area contributed by atoms with Gasteiger partial charge in [-0.1, -0.05) is 15.9 Å². The molecule has 17 heavy (non-hydrogen) atoms. The summed E-state index contributed by atoms with van der Waals surface area (Å²) in [6.45, 7) is 0.413. The average Bonchev–Trinajstić information content (AvgIpc) is 2.30. The van der Waals surface area contributed by atoms with Crippen molar-refractivity contribution in [3.63, 3.8) is 0 Å². The summed E-state index contributed by atoms with van der Waals surface area (Å²) in [5.74, 6) is -0.292. The van der Waals surface area contributed by atoms with Crippen molar-refractivity contribution in [1.82, 2.24) is 0 Å². The number of hydrogen-bond acceptors (Lipinski definition) is 4. The maximum Gasteiger partial charge on any atom is 0.269 e. The van der Waals surface area contributed by atoms with Gasteiger partial charge in [0.25, 0.3) is 5.69 Å². The first kappa shape index (κ1) is 13.6. The minimum atomic E-state index is -0.495. The van der Waals surface area contributed by atoms with Gasteiger partial charge in [-0.05, 0) is 12.1 Å². The molecule has 0 spiro atoms. The Kier molecular flexibility index (Phi) is 5.58. The summed E-state index contributed by atoms with van der Waals surface area (Å²) in [5.41, 5.74) is 0.488. The lowest BCUT2D eigenvalue weighted by Crippen LogP contribution is -2.18. The van der Waals surface area contributed by atoms with Gasteiger partial charge in [0.15, 0.2) is 0 Å². The number of carbonyl (C=O) groups excluding carboxylic acids is 1. The molecule has 1 aromatic carbocycles. The molecular formula is C10H11BrN2O4. The second-order valence-electron chi connectivity index (χ2n) is 3.09. The highest BCUT2D eigenvalue weighted by molar-refractivity contribution is 9.09. The van der Waals surface area contributed by atoms with Crippen LogP contribution in [0.5, 0.6) is 0 Å². The molecule has 7 heteroatoms. The number of halogens is 1. The highest BCUT2D eigenvalue weighted by Crippen LogP contribution is 2.15. The molecule has 0 saturated heterocycles. The van der Waals surface area contributed by atoms with Crippen LogP contribution < -0.4 is 5.32 Å². The van der Waals surface area contributed by atoms with E-state index < -0.39 is 4.92 Å². The Morgan fingerprint density at radius 1 is 1.41 bits per heavy atom. The van der Waals surface area contributed by atoms with E-state index in [-0.39, 0.29) is 18.2 Å². The Morgan fingerprint density at radius 2 is 2.06 bits per heavy atom. The van der Waals surface area contributed by atoms with Crippen LogP contribution in [0.4, 0.5) is 11.4 Å². The summed E-state index contributed by atoms with van der Waals surface area (Å²) in [4.78, 5) is 21.2. The van der Waals surface area contributed by atoms with Crippen LogP contribution >= 0.6 is 15.9 Å². The van der Waals surface area contributed by atoms with Gasteiger partial charge in [-0.3, -0.25) is 14.9 Å². The van der Waals surface area contributed by atoms with E-state index in [1.165, 1.54) is 24.3 Å². The van der Waals surface area contributed by atoms with E-state index in [1.807, 2.05) is 0 Å². The highest BCUT2D eigenvalue weighted by atomic mass is 79.9. The first-order valence-corrected chi connectivity index (χ1v) is 5.93. The quantitative estimate of drug-likeness (QED) is 0.377. The predicted octanol–water partition coefficient (Wildman–Crippen LogP) is 1.94. The summed E-state index contributed by atoms with van der Waals surface area (Å²) < 4.78 is 5.01. The zero-order valence-electron chi connectivity index (χ0n) is 8.89. The monoisotopic (exact) mass is 302 g/mol. The van der Waals surface area contributed by atoms with Crippen molar-refractivity contribution in [2.45, 2.75) is 0 Å². The minimum absolute atomic E-state index is 0.0152. The van der Waals surface area contributed by atoms with Crippen LogP contribution in [0.1, 0.15) is 0 Å². The Hall–Kier alpha value is -1.47. The van der Waals surface area contributed by atoms with E-state index in [2.05, 4.69) is 21.2 Å². The average molecular weight is 303 g/mol. The van der Waals surface area contributed by atoms with E-state index in [0.717, 1.165) is 0 Å². The van der Waals surface area contributed by atoms with Gasteiger partial charge in [-0.25, -0.2) is 0 Å². The van der Waals surface area contributed by atoms with Gasteiger partial charge >= 0.3 is 0 Å². The van der Waals surface area contributed by atoms with E-state index >= 15 is 0 Å². The maximum absolute atomic E-state index is 11.3. The van der Waals surface area contributed by atoms with E-state index in [1.54, 1.807) is 0 Å². The predicted molar refractivity (Wildman–Crippen MR) is 66.3 cm³/mol. The second-order valence-corrected chi connectivity index (χ2v) is 3.89. The van der Waals surface area contributed by atoms with Crippen molar-refractivity contribution < 1.29 is 14.5 Å². The number of alkyl halides is 1. The van der Waals surface area contributed by atoms with Crippen molar-refractivity contribution in [3.8, 4) is 0 Å². The molecule has 0 atom stereocenters. The first-order valence-electron chi connectivity index (χ1n) is 4.81. The summed E-state index contributed by atoms with van der Waals surface area (Å²) >= 11 is 3.17. The molecule has 0 aliphatic carbocycles. The molecule has 1 rings (SSSR count).